The fourth-order valence-corrected chi connectivity index (χ4v) is 1.99. The number of hydrogen-bond acceptors (Lipinski definition) is 1. The smallest absolute Gasteiger partial charge is 0.161 e. The van der Waals surface area contributed by atoms with E-state index in [0.717, 1.165) is 6.42 Å². The molecular weight excluding hydrogens is 203 g/mol. The quantitative estimate of drug-likeness (QED) is 0.353. The van der Waals surface area contributed by atoms with Crippen LogP contribution in [0.5, 0.6) is 0 Å². The van der Waals surface area contributed by atoms with Crippen LogP contribution >= 0.6 is 8.46 Å². The molecule has 0 aliphatic carbocycles. The van der Waals surface area contributed by atoms with Gasteiger partial charge in [0.05, 0.1) is 0 Å². The highest BCUT2D eigenvalue weighted by Crippen LogP contribution is 2.28. The van der Waals surface area contributed by atoms with E-state index in [-0.39, 0.29) is 5.16 Å². The average Bonchev–Trinajstić information content (AvgIpc) is 2.22. The van der Waals surface area contributed by atoms with Crippen LogP contribution in [0.3, 0.4) is 0 Å². The van der Waals surface area contributed by atoms with E-state index in [4.69, 9.17) is 0 Å². The summed E-state index contributed by atoms with van der Waals surface area (Å²) < 4.78 is 10.8. The first-order chi connectivity index (χ1) is 7.12. The van der Waals surface area contributed by atoms with E-state index in [0.29, 0.717) is 8.46 Å². The predicted molar refractivity (Wildman–Crippen MR) is 68.9 cm³/mol. The van der Waals surface area contributed by atoms with Crippen molar-refractivity contribution in [3.05, 3.63) is 0 Å². The highest BCUT2D eigenvalue weighted by molar-refractivity contribution is 7.25. The molecule has 0 fully saturated rings. The second kappa shape index (κ2) is 9.33. The Balaban J connectivity index is 3.15. The molecule has 90 valence electrons. The summed E-state index contributed by atoms with van der Waals surface area (Å²) in [5.41, 5.74) is 0. The molecule has 1 nitrogen and oxygen atoms in total. The Bertz CT molecular complexity index is 155. The first kappa shape index (κ1) is 15.1. The van der Waals surface area contributed by atoms with E-state index in [1.807, 2.05) is 0 Å². The maximum Gasteiger partial charge on any atom is 0.161 e. The molecule has 0 aliphatic heterocycles. The first-order valence-electron chi connectivity index (χ1n) is 6.47. The highest BCUT2D eigenvalue weighted by atomic mass is 31.1. The van der Waals surface area contributed by atoms with Gasteiger partial charge in [0.1, 0.15) is 0 Å². The van der Waals surface area contributed by atoms with Crippen LogP contribution < -0.4 is 0 Å². The molecule has 0 bridgehead atoms. The zero-order chi connectivity index (χ0) is 11.6. The molecule has 0 aromatic heterocycles. The van der Waals surface area contributed by atoms with Crippen LogP contribution in [0.2, 0.25) is 0 Å². The fourth-order valence-electron chi connectivity index (χ4n) is 1.74. The van der Waals surface area contributed by atoms with Gasteiger partial charge < -0.3 is 0 Å². The van der Waals surface area contributed by atoms with Gasteiger partial charge in [0.2, 0.25) is 0 Å². The molecule has 0 N–H and O–H groups in total. The minimum absolute atomic E-state index is 0.00219. The summed E-state index contributed by atoms with van der Waals surface area (Å²) in [6, 6.07) is 0. The van der Waals surface area contributed by atoms with Crippen molar-refractivity contribution >= 4 is 8.46 Å². The van der Waals surface area contributed by atoms with Crippen molar-refractivity contribution in [1.29, 1.82) is 0 Å². The summed E-state index contributed by atoms with van der Waals surface area (Å²) in [6.07, 6.45) is 11.9. The molecule has 2 heteroatoms. The van der Waals surface area contributed by atoms with Crippen LogP contribution in [-0.2, 0) is 4.57 Å². The molecule has 0 aromatic carbocycles. The van der Waals surface area contributed by atoms with Gasteiger partial charge in [-0.05, 0) is 20.3 Å². The zero-order valence-electron chi connectivity index (χ0n) is 10.7. The normalized spacial score (nSPS) is 12.2. The molecule has 0 aromatic rings. The molecular formula is C13H27OP. The Kier molecular flexibility index (Phi) is 9.40. The summed E-state index contributed by atoms with van der Waals surface area (Å²) >= 11 is 0. The Hall–Kier alpha value is 0.100. The second-order valence-corrected chi connectivity index (χ2v) is 6.52. The third kappa shape index (κ3) is 10.4. The molecule has 0 aliphatic rings. The number of rotatable bonds is 10. The van der Waals surface area contributed by atoms with E-state index in [1.165, 1.54) is 51.4 Å². The molecule has 0 rings (SSSR count). The highest BCUT2D eigenvalue weighted by Gasteiger charge is 2.16. The molecule has 0 saturated carbocycles. The van der Waals surface area contributed by atoms with E-state index in [1.54, 1.807) is 0 Å². The lowest BCUT2D eigenvalue weighted by molar-refractivity contribution is 0.512. The molecule has 0 heterocycles. The Morgan fingerprint density at radius 1 is 0.867 bits per heavy atom. The third-order valence-corrected chi connectivity index (χ3v) is 3.61. The lowest BCUT2D eigenvalue weighted by Gasteiger charge is -2.14. The van der Waals surface area contributed by atoms with E-state index in [9.17, 15) is 4.57 Å². The number of unbranched alkanes of at least 4 members (excludes halogenated alkanes) is 7. The average molecular weight is 230 g/mol. The van der Waals surface area contributed by atoms with Crippen molar-refractivity contribution in [1.82, 2.24) is 0 Å². The lowest BCUT2D eigenvalue weighted by atomic mass is 10.0. The van der Waals surface area contributed by atoms with E-state index < -0.39 is 0 Å². The molecule has 0 spiro atoms. The van der Waals surface area contributed by atoms with Gasteiger partial charge in [-0.1, -0.05) is 58.3 Å². The van der Waals surface area contributed by atoms with Crippen LogP contribution in [0.1, 0.15) is 78.6 Å². The van der Waals surface area contributed by atoms with Crippen LogP contribution in [-0.4, -0.2) is 5.16 Å². The summed E-state index contributed by atoms with van der Waals surface area (Å²) in [6.45, 7) is 6.40. The maximum absolute atomic E-state index is 10.8. The molecule has 0 saturated heterocycles. The topological polar surface area (TPSA) is 17.1 Å². The van der Waals surface area contributed by atoms with Gasteiger partial charge in [0.15, 0.2) is 8.46 Å². The second-order valence-electron chi connectivity index (χ2n) is 5.13. The van der Waals surface area contributed by atoms with Crippen LogP contribution in [0.4, 0.5) is 0 Å². The molecule has 0 atom stereocenters. The zero-order valence-corrected chi connectivity index (χ0v) is 11.6. The van der Waals surface area contributed by atoms with Crippen LogP contribution in [0.25, 0.3) is 0 Å². The monoisotopic (exact) mass is 230 g/mol. The van der Waals surface area contributed by atoms with Crippen molar-refractivity contribution in [2.24, 2.45) is 0 Å². The van der Waals surface area contributed by atoms with Gasteiger partial charge >= 0.3 is 0 Å². The first-order valence-corrected chi connectivity index (χ1v) is 7.28. The van der Waals surface area contributed by atoms with Gasteiger partial charge in [-0.2, -0.15) is 0 Å². The van der Waals surface area contributed by atoms with Crippen LogP contribution in [0.15, 0.2) is 0 Å². The summed E-state index contributed by atoms with van der Waals surface area (Å²) in [7, 11) is 0.299. The van der Waals surface area contributed by atoms with Crippen LogP contribution in [0, 0.1) is 0 Å². The van der Waals surface area contributed by atoms with Crippen molar-refractivity contribution in [2.45, 2.75) is 83.7 Å². The van der Waals surface area contributed by atoms with Gasteiger partial charge in [-0.3, -0.25) is 4.57 Å². The summed E-state index contributed by atoms with van der Waals surface area (Å²) in [4.78, 5) is 0. The number of hydrogen-bond donors (Lipinski definition) is 0. The maximum atomic E-state index is 10.8. The van der Waals surface area contributed by atoms with Crippen molar-refractivity contribution < 1.29 is 4.57 Å². The fraction of sp³-hybridized carbons (Fsp3) is 1.00. The molecule has 0 amide bonds. The molecule has 15 heavy (non-hydrogen) atoms. The van der Waals surface area contributed by atoms with Crippen molar-refractivity contribution in [3.63, 3.8) is 0 Å². The van der Waals surface area contributed by atoms with E-state index in [2.05, 4.69) is 20.8 Å². The summed E-state index contributed by atoms with van der Waals surface area (Å²) in [5.74, 6) is 0. The van der Waals surface area contributed by atoms with Gasteiger partial charge in [0.25, 0.3) is 0 Å². The molecule has 0 unspecified atom stereocenters. The standard InChI is InChI=1S/C13H27OP/c1-4-5-6-7-8-9-10-11-12-13(2,3)15-14/h4-12H2,1-3H3. The minimum Gasteiger partial charge on any atom is -0.274 e. The predicted octanol–water partition coefficient (Wildman–Crippen LogP) is 5.59. The molecule has 0 radical (unpaired) electrons. The minimum atomic E-state index is 0.00219. The van der Waals surface area contributed by atoms with Crippen molar-refractivity contribution in [3.8, 4) is 0 Å². The Morgan fingerprint density at radius 3 is 1.80 bits per heavy atom. The largest absolute Gasteiger partial charge is 0.274 e. The van der Waals surface area contributed by atoms with E-state index >= 15 is 0 Å². The van der Waals surface area contributed by atoms with Gasteiger partial charge in [0, 0.05) is 5.16 Å². The van der Waals surface area contributed by atoms with Gasteiger partial charge in [-0.15, -0.1) is 0 Å². The lowest BCUT2D eigenvalue weighted by Crippen LogP contribution is -2.09. The third-order valence-electron chi connectivity index (χ3n) is 2.89. The Morgan fingerprint density at radius 2 is 1.33 bits per heavy atom. The Labute approximate surface area is 97.2 Å². The van der Waals surface area contributed by atoms with Gasteiger partial charge in [-0.25, -0.2) is 0 Å². The van der Waals surface area contributed by atoms with Crippen molar-refractivity contribution in [2.75, 3.05) is 0 Å². The summed E-state index contributed by atoms with van der Waals surface area (Å²) in [5, 5.41) is 0.00219. The SMILES string of the molecule is CCCCCCCCCCC(C)(C)P=O.